The smallest absolute Gasteiger partial charge is 0.335 e. The van der Waals surface area contributed by atoms with Gasteiger partial charge in [-0.3, -0.25) is 14.4 Å². The van der Waals surface area contributed by atoms with Gasteiger partial charge in [0.25, 0.3) is 0 Å². The Morgan fingerprint density at radius 3 is 1.16 bits per heavy atom. The van der Waals surface area contributed by atoms with Gasteiger partial charge in [0.05, 0.1) is 13.0 Å². The number of carbonyl (C=O) groups is 4. The van der Waals surface area contributed by atoms with Gasteiger partial charge in [-0.1, -0.05) is 287 Å². The zero-order valence-corrected chi connectivity index (χ0v) is 50.4. The van der Waals surface area contributed by atoms with Crippen molar-refractivity contribution in [1.82, 2.24) is 0 Å². The van der Waals surface area contributed by atoms with E-state index in [4.69, 9.17) is 23.7 Å². The summed E-state index contributed by atoms with van der Waals surface area (Å²) in [5.74, 6) is -3.26. The molecule has 1 heterocycles. The van der Waals surface area contributed by atoms with E-state index in [-0.39, 0.29) is 25.9 Å². The van der Waals surface area contributed by atoms with Gasteiger partial charge in [0.2, 0.25) is 0 Å². The third-order valence-corrected chi connectivity index (χ3v) is 14.6. The largest absolute Gasteiger partial charge is 0.479 e. The molecular formula is C67H116O12. The van der Waals surface area contributed by atoms with Gasteiger partial charge in [-0.2, -0.15) is 0 Å². The summed E-state index contributed by atoms with van der Waals surface area (Å²) in [4.78, 5) is 51.2. The number of hydrogen-bond acceptors (Lipinski definition) is 11. The van der Waals surface area contributed by atoms with Gasteiger partial charge in [0.15, 0.2) is 24.6 Å². The molecule has 1 rings (SSSR count). The van der Waals surface area contributed by atoms with Crippen LogP contribution in [0.1, 0.15) is 290 Å². The SMILES string of the molecule is CC/C=C\C/C=C\C/C=C\C/C=C\C/C=C\CC(=O)OC(COC(=O)CCCCCCCCCCCCCCCCCCC)COC1OC(C(=O)O)C(O)C(O)C1OC(=O)CCCCCCCCCCCCCCCCCCC. The molecule has 3 N–H and O–H groups in total. The zero-order valence-electron chi connectivity index (χ0n) is 50.4. The van der Waals surface area contributed by atoms with Gasteiger partial charge >= 0.3 is 23.9 Å². The number of hydrogen-bond donors (Lipinski definition) is 3. The van der Waals surface area contributed by atoms with Crippen LogP contribution in [0.15, 0.2) is 60.8 Å². The molecule has 0 radical (unpaired) electrons. The van der Waals surface area contributed by atoms with Gasteiger partial charge in [0.1, 0.15) is 18.8 Å². The van der Waals surface area contributed by atoms with Crippen molar-refractivity contribution in [2.75, 3.05) is 13.2 Å². The molecule has 12 heteroatoms. The highest BCUT2D eigenvalue weighted by Gasteiger charge is 2.50. The number of carbonyl (C=O) groups excluding carboxylic acids is 3. The minimum absolute atomic E-state index is 0.0540. The number of rotatable bonds is 55. The fourth-order valence-corrected chi connectivity index (χ4v) is 9.74. The van der Waals surface area contributed by atoms with Crippen LogP contribution in [0.2, 0.25) is 0 Å². The first-order chi connectivity index (χ1) is 38.6. The van der Waals surface area contributed by atoms with Crippen molar-refractivity contribution < 1.29 is 58.2 Å². The number of aliphatic carboxylic acids is 1. The molecule has 6 atom stereocenters. The van der Waals surface area contributed by atoms with Crippen LogP contribution in [-0.2, 0) is 42.9 Å². The number of unbranched alkanes of at least 4 members (excludes halogenated alkanes) is 32. The van der Waals surface area contributed by atoms with E-state index in [1.165, 1.54) is 161 Å². The summed E-state index contributed by atoms with van der Waals surface area (Å²) in [6, 6.07) is 0. The second-order valence-electron chi connectivity index (χ2n) is 22.1. The summed E-state index contributed by atoms with van der Waals surface area (Å²) >= 11 is 0. The number of esters is 3. The van der Waals surface area contributed by atoms with Crippen LogP contribution in [-0.4, -0.2) is 89.2 Å². The lowest BCUT2D eigenvalue weighted by Crippen LogP contribution is -2.61. The molecule has 0 aromatic rings. The van der Waals surface area contributed by atoms with Gasteiger partial charge < -0.3 is 39.0 Å². The monoisotopic (exact) mass is 1110 g/mol. The number of carboxylic acids is 1. The van der Waals surface area contributed by atoms with E-state index in [1.807, 2.05) is 12.2 Å². The molecule has 1 saturated heterocycles. The van der Waals surface area contributed by atoms with Crippen molar-refractivity contribution in [3.63, 3.8) is 0 Å². The van der Waals surface area contributed by atoms with Crippen molar-refractivity contribution in [1.29, 1.82) is 0 Å². The average Bonchev–Trinajstić information content (AvgIpc) is 3.46. The van der Waals surface area contributed by atoms with Crippen LogP contribution < -0.4 is 0 Å². The first-order valence-electron chi connectivity index (χ1n) is 32.3. The van der Waals surface area contributed by atoms with Gasteiger partial charge in [-0.15, -0.1) is 0 Å². The normalized spacial score (nSPS) is 18.2. The molecule has 0 saturated carbocycles. The van der Waals surface area contributed by atoms with Crippen LogP contribution in [0.4, 0.5) is 0 Å². The third kappa shape index (κ3) is 44.7. The first-order valence-corrected chi connectivity index (χ1v) is 32.3. The summed E-state index contributed by atoms with van der Waals surface area (Å²) in [6.45, 7) is 5.84. The second-order valence-corrected chi connectivity index (χ2v) is 22.1. The molecule has 6 unspecified atom stereocenters. The molecule has 0 amide bonds. The van der Waals surface area contributed by atoms with Gasteiger partial charge in [0, 0.05) is 12.8 Å². The fourth-order valence-electron chi connectivity index (χ4n) is 9.74. The highest BCUT2D eigenvalue weighted by molar-refractivity contribution is 5.74. The second kappa shape index (κ2) is 55.0. The summed E-state index contributed by atoms with van der Waals surface area (Å²) in [7, 11) is 0. The summed E-state index contributed by atoms with van der Waals surface area (Å²) < 4.78 is 28.4. The van der Waals surface area contributed by atoms with E-state index in [0.717, 1.165) is 70.6 Å². The Kier molecular flexibility index (Phi) is 51.1. The van der Waals surface area contributed by atoms with Crippen LogP contribution in [0.5, 0.6) is 0 Å². The highest BCUT2D eigenvalue weighted by atomic mass is 16.7. The Balaban J connectivity index is 2.69. The lowest BCUT2D eigenvalue weighted by Gasteiger charge is -2.40. The molecule has 1 fully saturated rings. The van der Waals surface area contributed by atoms with Crippen LogP contribution in [0.25, 0.3) is 0 Å². The molecule has 79 heavy (non-hydrogen) atoms. The molecule has 0 spiro atoms. The molecule has 1 aliphatic rings. The maximum Gasteiger partial charge on any atom is 0.335 e. The standard InChI is InChI=1S/C67H116O12/c1-4-7-10-13-16-19-22-25-28-30-33-35-38-41-44-47-50-53-59(68)75-56-58(77-60(69)54-51-48-45-42-39-36-32-27-24-21-18-15-12-9-6-3)57-76-67-65(63(72)62(71)64(79-67)66(73)74)78-61(70)55-52-49-46-43-40-37-34-31-29-26-23-20-17-14-11-8-5-2/h9,12,18,21,27,32,39,42,48,51,58,62-65,67,71-72H,4-8,10-11,13-17,19-20,22-26,28-31,33-38,40-41,43-47,49-50,52-57H2,1-3H3,(H,73,74)/b12-9-,21-18-,32-27-,42-39-,51-48-. The Labute approximate surface area is 481 Å². The maximum atomic E-state index is 13.1. The number of allylic oxidation sites excluding steroid dienone is 9. The predicted molar refractivity (Wildman–Crippen MR) is 322 cm³/mol. The number of aliphatic hydroxyl groups excluding tert-OH is 2. The van der Waals surface area contributed by atoms with E-state index in [0.29, 0.717) is 19.3 Å². The summed E-state index contributed by atoms with van der Waals surface area (Å²) in [5.41, 5.74) is 0. The van der Waals surface area contributed by atoms with Crippen molar-refractivity contribution in [2.45, 2.75) is 327 Å². The Morgan fingerprint density at radius 1 is 0.430 bits per heavy atom. The van der Waals surface area contributed by atoms with Crippen LogP contribution in [0, 0.1) is 0 Å². The lowest BCUT2D eigenvalue weighted by molar-refractivity contribution is -0.301. The molecule has 0 aromatic heterocycles. The molecule has 456 valence electrons. The van der Waals surface area contributed by atoms with Crippen molar-refractivity contribution in [3.05, 3.63) is 60.8 Å². The summed E-state index contributed by atoms with van der Waals surface area (Å²) in [5, 5.41) is 31.6. The van der Waals surface area contributed by atoms with Crippen LogP contribution in [0.3, 0.4) is 0 Å². The lowest BCUT2D eigenvalue weighted by atomic mass is 9.98. The molecule has 0 aliphatic carbocycles. The van der Waals surface area contributed by atoms with Crippen molar-refractivity contribution >= 4 is 23.9 Å². The minimum Gasteiger partial charge on any atom is -0.479 e. The van der Waals surface area contributed by atoms with E-state index >= 15 is 0 Å². The Morgan fingerprint density at radius 2 is 0.785 bits per heavy atom. The van der Waals surface area contributed by atoms with Gasteiger partial charge in [-0.25, -0.2) is 4.79 Å². The minimum atomic E-state index is -1.91. The number of aliphatic hydroxyl groups is 2. The predicted octanol–water partition coefficient (Wildman–Crippen LogP) is 17.1. The fraction of sp³-hybridized carbons (Fsp3) is 0.791. The maximum absolute atomic E-state index is 13.1. The summed E-state index contributed by atoms with van der Waals surface area (Å²) in [6.07, 6.45) is 56.4. The number of ether oxygens (including phenoxy) is 5. The van der Waals surface area contributed by atoms with E-state index in [2.05, 4.69) is 63.3 Å². The average molecular weight is 1110 g/mol. The van der Waals surface area contributed by atoms with E-state index in [9.17, 15) is 34.5 Å². The van der Waals surface area contributed by atoms with Gasteiger partial charge in [-0.05, 0) is 44.9 Å². The highest BCUT2D eigenvalue weighted by Crippen LogP contribution is 2.27. The molecule has 1 aliphatic heterocycles. The zero-order chi connectivity index (χ0) is 57.5. The third-order valence-electron chi connectivity index (χ3n) is 14.6. The number of carboxylic acid groups (broad SMARTS) is 1. The molecule has 0 aromatic carbocycles. The molecule has 0 bridgehead atoms. The van der Waals surface area contributed by atoms with Crippen molar-refractivity contribution in [2.24, 2.45) is 0 Å². The van der Waals surface area contributed by atoms with E-state index < -0.39 is 67.3 Å². The quantitative estimate of drug-likeness (QED) is 0.0228. The Hall–Kier alpha value is -3.58. The molecular weight excluding hydrogens is 997 g/mol. The topological polar surface area (TPSA) is 175 Å². The van der Waals surface area contributed by atoms with E-state index in [1.54, 1.807) is 6.08 Å². The van der Waals surface area contributed by atoms with Crippen LogP contribution >= 0.6 is 0 Å². The Bertz CT molecular complexity index is 1600. The molecule has 12 nitrogen and oxygen atoms in total. The van der Waals surface area contributed by atoms with Crippen molar-refractivity contribution in [3.8, 4) is 0 Å². The first kappa shape index (κ1) is 73.4.